The topological polar surface area (TPSA) is 26.3 Å². The second-order valence-corrected chi connectivity index (χ2v) is 5.42. The molecule has 0 aliphatic rings. The highest BCUT2D eigenvalue weighted by molar-refractivity contribution is 8.00. The maximum atomic E-state index is 10.8. The Morgan fingerprint density at radius 3 is 2.54 bits per heavy atom. The molecular formula is C10H18O2S. The molecule has 0 heterocycles. The normalized spacial score (nSPS) is 12.0. The molecule has 0 aliphatic carbocycles. The van der Waals surface area contributed by atoms with Crippen LogP contribution >= 0.6 is 11.8 Å². The van der Waals surface area contributed by atoms with E-state index in [0.29, 0.717) is 6.61 Å². The standard InChI is InChI=1S/C10H18O2S/c1-5-12-9(11)7-6-8-13-10(2,3)4/h6-7H,5,8H2,1-4H3/b7-6+. The monoisotopic (exact) mass is 202 g/mol. The second kappa shape index (κ2) is 6.08. The van der Waals surface area contributed by atoms with Crippen LogP contribution in [0.25, 0.3) is 0 Å². The molecule has 0 N–H and O–H groups in total. The van der Waals surface area contributed by atoms with Gasteiger partial charge in [0, 0.05) is 16.6 Å². The lowest BCUT2D eigenvalue weighted by molar-refractivity contribution is -0.137. The molecule has 0 fully saturated rings. The Kier molecular flexibility index (Phi) is 5.88. The van der Waals surface area contributed by atoms with Gasteiger partial charge in [-0.05, 0) is 6.92 Å². The van der Waals surface area contributed by atoms with E-state index < -0.39 is 0 Å². The van der Waals surface area contributed by atoms with E-state index in [1.807, 2.05) is 6.08 Å². The van der Waals surface area contributed by atoms with Crippen LogP contribution in [0.1, 0.15) is 27.7 Å². The van der Waals surface area contributed by atoms with Gasteiger partial charge in [-0.15, -0.1) is 0 Å². The first-order valence-electron chi connectivity index (χ1n) is 4.43. The van der Waals surface area contributed by atoms with Gasteiger partial charge >= 0.3 is 5.97 Å². The lowest BCUT2D eigenvalue weighted by atomic mass is 10.3. The molecule has 0 aromatic rings. The van der Waals surface area contributed by atoms with Crippen molar-refractivity contribution in [2.24, 2.45) is 0 Å². The summed E-state index contributed by atoms with van der Waals surface area (Å²) in [7, 11) is 0. The van der Waals surface area contributed by atoms with Gasteiger partial charge in [-0.2, -0.15) is 11.8 Å². The lowest BCUT2D eigenvalue weighted by Gasteiger charge is -2.15. The van der Waals surface area contributed by atoms with Gasteiger partial charge in [-0.1, -0.05) is 26.8 Å². The predicted octanol–water partition coefficient (Wildman–Crippen LogP) is 2.64. The van der Waals surface area contributed by atoms with Crippen LogP contribution < -0.4 is 0 Å². The maximum absolute atomic E-state index is 10.8. The molecule has 13 heavy (non-hydrogen) atoms. The summed E-state index contributed by atoms with van der Waals surface area (Å²) in [5.41, 5.74) is 0. The summed E-state index contributed by atoms with van der Waals surface area (Å²) in [5.74, 6) is 0.597. The van der Waals surface area contributed by atoms with Gasteiger partial charge in [0.25, 0.3) is 0 Å². The fraction of sp³-hybridized carbons (Fsp3) is 0.700. The van der Waals surface area contributed by atoms with Gasteiger partial charge in [0.1, 0.15) is 0 Å². The number of ether oxygens (including phenoxy) is 1. The Bertz CT molecular complexity index is 180. The first-order valence-corrected chi connectivity index (χ1v) is 5.41. The van der Waals surface area contributed by atoms with Gasteiger partial charge in [-0.25, -0.2) is 4.79 Å². The summed E-state index contributed by atoms with van der Waals surface area (Å²) < 4.78 is 4.99. The third-order valence-electron chi connectivity index (χ3n) is 1.15. The number of rotatable bonds is 4. The SMILES string of the molecule is CCOC(=O)/C=C/CSC(C)(C)C. The minimum atomic E-state index is -0.253. The molecule has 0 unspecified atom stereocenters. The molecule has 0 amide bonds. The van der Waals surface area contributed by atoms with Crippen LogP contribution in [0.5, 0.6) is 0 Å². The molecule has 0 bridgehead atoms. The minimum absolute atomic E-state index is 0.249. The van der Waals surface area contributed by atoms with Crippen LogP contribution in [0.2, 0.25) is 0 Å². The van der Waals surface area contributed by atoms with E-state index in [2.05, 4.69) is 20.8 Å². The zero-order chi connectivity index (χ0) is 10.3. The number of carbonyl (C=O) groups excluding carboxylic acids is 1. The van der Waals surface area contributed by atoms with Crippen molar-refractivity contribution < 1.29 is 9.53 Å². The highest BCUT2D eigenvalue weighted by Gasteiger charge is 2.08. The third-order valence-corrected chi connectivity index (χ3v) is 2.38. The highest BCUT2D eigenvalue weighted by atomic mass is 32.2. The molecule has 0 aliphatic heterocycles. The number of hydrogen-bond acceptors (Lipinski definition) is 3. The first-order chi connectivity index (χ1) is 5.95. The largest absolute Gasteiger partial charge is 0.463 e. The average Bonchev–Trinajstić information content (AvgIpc) is 1.97. The van der Waals surface area contributed by atoms with E-state index in [0.717, 1.165) is 5.75 Å². The Morgan fingerprint density at radius 2 is 2.08 bits per heavy atom. The first kappa shape index (κ1) is 12.6. The second-order valence-electron chi connectivity index (χ2n) is 3.58. The molecule has 0 spiro atoms. The van der Waals surface area contributed by atoms with Crippen LogP contribution in [0, 0.1) is 0 Å². The zero-order valence-corrected chi connectivity index (χ0v) is 9.61. The van der Waals surface area contributed by atoms with Gasteiger partial charge < -0.3 is 4.74 Å². The van der Waals surface area contributed by atoms with E-state index in [1.54, 1.807) is 18.7 Å². The molecule has 76 valence electrons. The van der Waals surface area contributed by atoms with Crippen LogP contribution in [0.3, 0.4) is 0 Å². The molecule has 0 radical (unpaired) electrons. The van der Waals surface area contributed by atoms with E-state index in [4.69, 9.17) is 4.74 Å². The van der Waals surface area contributed by atoms with E-state index in [9.17, 15) is 4.79 Å². The molecule has 0 aromatic heterocycles. The summed E-state index contributed by atoms with van der Waals surface area (Å²) >= 11 is 1.80. The quantitative estimate of drug-likeness (QED) is 0.518. The smallest absolute Gasteiger partial charge is 0.330 e. The molecule has 3 heteroatoms. The third kappa shape index (κ3) is 9.47. The molecule has 0 rings (SSSR count). The highest BCUT2D eigenvalue weighted by Crippen LogP contribution is 2.22. The fourth-order valence-corrected chi connectivity index (χ4v) is 1.33. The van der Waals surface area contributed by atoms with Crippen LogP contribution in [0.4, 0.5) is 0 Å². The molecule has 2 nitrogen and oxygen atoms in total. The van der Waals surface area contributed by atoms with Crippen molar-refractivity contribution in [3.63, 3.8) is 0 Å². The molecular weight excluding hydrogens is 184 g/mol. The Labute approximate surface area is 84.7 Å². The molecule has 0 saturated carbocycles. The summed E-state index contributed by atoms with van der Waals surface area (Å²) in [6.07, 6.45) is 3.33. The van der Waals surface area contributed by atoms with Crippen LogP contribution in [-0.4, -0.2) is 23.1 Å². The van der Waals surface area contributed by atoms with Gasteiger partial charge in [0.05, 0.1) is 6.61 Å². The number of thioether (sulfide) groups is 1. The summed E-state index contributed by atoms with van der Waals surface area (Å²) in [5, 5.41) is 0. The summed E-state index contributed by atoms with van der Waals surface area (Å²) in [6.45, 7) is 8.69. The van der Waals surface area contributed by atoms with Crippen molar-refractivity contribution in [2.75, 3.05) is 12.4 Å². The summed E-state index contributed by atoms with van der Waals surface area (Å²) in [6, 6.07) is 0. The van der Waals surface area contributed by atoms with Crippen molar-refractivity contribution in [1.82, 2.24) is 0 Å². The number of carbonyl (C=O) groups is 1. The fourth-order valence-electron chi connectivity index (χ4n) is 0.633. The average molecular weight is 202 g/mol. The van der Waals surface area contributed by atoms with Crippen molar-refractivity contribution in [3.8, 4) is 0 Å². The van der Waals surface area contributed by atoms with E-state index in [-0.39, 0.29) is 10.7 Å². The van der Waals surface area contributed by atoms with Crippen molar-refractivity contribution >= 4 is 17.7 Å². The molecule has 0 saturated heterocycles. The van der Waals surface area contributed by atoms with Crippen molar-refractivity contribution in [2.45, 2.75) is 32.4 Å². The lowest BCUT2D eigenvalue weighted by Crippen LogP contribution is -2.07. The number of hydrogen-bond donors (Lipinski definition) is 0. The van der Waals surface area contributed by atoms with Gasteiger partial charge in [0.2, 0.25) is 0 Å². The van der Waals surface area contributed by atoms with E-state index >= 15 is 0 Å². The van der Waals surface area contributed by atoms with E-state index in [1.165, 1.54) is 6.08 Å². The van der Waals surface area contributed by atoms with Crippen molar-refractivity contribution in [1.29, 1.82) is 0 Å². The van der Waals surface area contributed by atoms with Crippen LogP contribution in [-0.2, 0) is 9.53 Å². The Morgan fingerprint density at radius 1 is 1.46 bits per heavy atom. The van der Waals surface area contributed by atoms with Crippen LogP contribution in [0.15, 0.2) is 12.2 Å². The predicted molar refractivity (Wildman–Crippen MR) is 58.0 cm³/mol. The molecule has 0 aromatic carbocycles. The zero-order valence-electron chi connectivity index (χ0n) is 8.79. The maximum Gasteiger partial charge on any atom is 0.330 e. The summed E-state index contributed by atoms with van der Waals surface area (Å²) in [4.78, 5) is 10.8. The van der Waals surface area contributed by atoms with Gasteiger partial charge in [-0.3, -0.25) is 0 Å². The molecule has 0 atom stereocenters. The Hall–Kier alpha value is -0.440. The number of esters is 1. The van der Waals surface area contributed by atoms with Gasteiger partial charge in [0.15, 0.2) is 0 Å². The van der Waals surface area contributed by atoms with Crippen molar-refractivity contribution in [3.05, 3.63) is 12.2 Å². The minimum Gasteiger partial charge on any atom is -0.463 e. The Balaban J connectivity index is 3.58.